The number of hydrogen-bond acceptors (Lipinski definition) is 3. The fourth-order valence-corrected chi connectivity index (χ4v) is 3.00. The molecule has 0 aliphatic carbocycles. The van der Waals surface area contributed by atoms with E-state index < -0.39 is 0 Å². The quantitative estimate of drug-likeness (QED) is 0.299. The Bertz CT molecular complexity index is 481. The van der Waals surface area contributed by atoms with E-state index in [1.807, 2.05) is 18.2 Å². The van der Waals surface area contributed by atoms with Gasteiger partial charge in [-0.1, -0.05) is 51.8 Å². The van der Waals surface area contributed by atoms with Gasteiger partial charge in [-0.15, -0.1) is 6.58 Å². The largest absolute Gasteiger partial charge is 0.497 e. The molecular formula is C23H38O3. The van der Waals surface area contributed by atoms with Crippen LogP contribution in [0.3, 0.4) is 0 Å². The maximum absolute atomic E-state index is 6.22. The summed E-state index contributed by atoms with van der Waals surface area (Å²) >= 11 is 0. The van der Waals surface area contributed by atoms with Crippen LogP contribution in [0, 0.1) is 11.8 Å². The lowest BCUT2D eigenvalue weighted by Crippen LogP contribution is -2.33. The maximum Gasteiger partial charge on any atom is 0.118 e. The summed E-state index contributed by atoms with van der Waals surface area (Å²) in [5.74, 6) is 1.87. The van der Waals surface area contributed by atoms with Gasteiger partial charge in [-0.3, -0.25) is 0 Å². The third-order valence-electron chi connectivity index (χ3n) is 4.81. The smallest absolute Gasteiger partial charge is 0.118 e. The van der Waals surface area contributed by atoms with Crippen molar-refractivity contribution < 1.29 is 14.2 Å². The Morgan fingerprint density at radius 1 is 1.04 bits per heavy atom. The number of methoxy groups -OCH3 is 1. The van der Waals surface area contributed by atoms with E-state index in [-0.39, 0.29) is 12.2 Å². The van der Waals surface area contributed by atoms with Crippen molar-refractivity contribution in [3.05, 3.63) is 42.5 Å². The van der Waals surface area contributed by atoms with Crippen LogP contribution in [-0.2, 0) is 16.1 Å². The van der Waals surface area contributed by atoms with E-state index in [1.54, 1.807) is 7.11 Å². The van der Waals surface area contributed by atoms with Crippen molar-refractivity contribution in [3.8, 4) is 5.75 Å². The van der Waals surface area contributed by atoms with Crippen LogP contribution in [0.4, 0.5) is 0 Å². The normalized spacial score (nSPS) is 14.8. The summed E-state index contributed by atoms with van der Waals surface area (Å²) in [4.78, 5) is 0. The molecule has 0 amide bonds. The molecule has 0 bridgehead atoms. The molecule has 0 unspecified atom stereocenters. The van der Waals surface area contributed by atoms with Crippen molar-refractivity contribution in [2.45, 2.75) is 72.2 Å². The van der Waals surface area contributed by atoms with E-state index in [9.17, 15) is 0 Å². The first-order chi connectivity index (χ1) is 12.5. The van der Waals surface area contributed by atoms with Crippen molar-refractivity contribution >= 4 is 0 Å². The average molecular weight is 363 g/mol. The molecular weight excluding hydrogens is 324 g/mol. The molecule has 1 rings (SSSR count). The van der Waals surface area contributed by atoms with Gasteiger partial charge < -0.3 is 14.2 Å². The monoisotopic (exact) mass is 362 g/mol. The molecule has 3 nitrogen and oxygen atoms in total. The van der Waals surface area contributed by atoms with E-state index >= 15 is 0 Å². The Balaban J connectivity index is 2.67. The van der Waals surface area contributed by atoms with Gasteiger partial charge in [0.2, 0.25) is 0 Å². The highest BCUT2D eigenvalue weighted by Crippen LogP contribution is 2.25. The molecule has 1 aromatic rings. The van der Waals surface area contributed by atoms with Crippen molar-refractivity contribution in [1.29, 1.82) is 0 Å². The van der Waals surface area contributed by atoms with E-state index in [0.29, 0.717) is 18.4 Å². The summed E-state index contributed by atoms with van der Waals surface area (Å²) in [5, 5.41) is 0. The Kier molecular flexibility index (Phi) is 11.3. The summed E-state index contributed by atoms with van der Waals surface area (Å²) in [6, 6.07) is 8.05. The second-order valence-electron chi connectivity index (χ2n) is 7.42. The molecule has 0 saturated heterocycles. The summed E-state index contributed by atoms with van der Waals surface area (Å²) in [5.41, 5.74) is 1.15. The average Bonchev–Trinajstić information content (AvgIpc) is 2.65. The van der Waals surface area contributed by atoms with Crippen LogP contribution in [0.15, 0.2) is 36.9 Å². The second-order valence-corrected chi connectivity index (χ2v) is 7.42. The first kappa shape index (κ1) is 22.7. The molecule has 0 spiro atoms. The zero-order valence-electron chi connectivity index (χ0n) is 17.4. The third kappa shape index (κ3) is 8.37. The summed E-state index contributed by atoms with van der Waals surface area (Å²) in [7, 11) is 1.68. The van der Waals surface area contributed by atoms with Crippen LogP contribution in [0.1, 0.15) is 58.9 Å². The molecule has 3 heteroatoms. The molecule has 0 fully saturated rings. The third-order valence-corrected chi connectivity index (χ3v) is 4.81. The van der Waals surface area contributed by atoms with Crippen LogP contribution < -0.4 is 4.74 Å². The second kappa shape index (κ2) is 12.9. The van der Waals surface area contributed by atoms with Gasteiger partial charge in [-0.25, -0.2) is 0 Å². The fraction of sp³-hybridized carbons (Fsp3) is 0.652. The first-order valence-corrected chi connectivity index (χ1v) is 10.00. The SMILES string of the molecule is C=C[C@H](OCCCC)[C@@H](CCC(C)C)[C@H](C)OCc1ccc(OC)cc1. The van der Waals surface area contributed by atoms with Crippen LogP contribution in [0.25, 0.3) is 0 Å². The maximum atomic E-state index is 6.22. The highest BCUT2D eigenvalue weighted by atomic mass is 16.5. The fourth-order valence-electron chi connectivity index (χ4n) is 3.00. The van der Waals surface area contributed by atoms with Gasteiger partial charge >= 0.3 is 0 Å². The standard InChI is InChI=1S/C23H38O3/c1-7-9-16-25-23(8-2)22(15-10-18(3)4)19(5)26-17-20-11-13-21(24-6)14-12-20/h8,11-14,18-19,22-23H,2,7,9-10,15-17H2,1,3-6H3/t19-,22-,23-/m0/s1. The minimum absolute atomic E-state index is 0.0474. The molecule has 0 radical (unpaired) electrons. The zero-order chi connectivity index (χ0) is 19.4. The van der Waals surface area contributed by atoms with Crippen molar-refractivity contribution in [1.82, 2.24) is 0 Å². The van der Waals surface area contributed by atoms with Gasteiger partial charge in [0.1, 0.15) is 5.75 Å². The topological polar surface area (TPSA) is 27.7 Å². The molecule has 26 heavy (non-hydrogen) atoms. The van der Waals surface area contributed by atoms with Crippen LogP contribution >= 0.6 is 0 Å². The van der Waals surface area contributed by atoms with Crippen molar-refractivity contribution in [3.63, 3.8) is 0 Å². The van der Waals surface area contributed by atoms with Gasteiger partial charge in [0, 0.05) is 12.5 Å². The minimum atomic E-state index is 0.0474. The van der Waals surface area contributed by atoms with Gasteiger partial charge in [0.25, 0.3) is 0 Å². The number of unbranched alkanes of at least 4 members (excludes halogenated alkanes) is 1. The molecule has 0 N–H and O–H groups in total. The number of benzene rings is 1. The van der Waals surface area contributed by atoms with Crippen molar-refractivity contribution in [2.75, 3.05) is 13.7 Å². The van der Waals surface area contributed by atoms with Crippen LogP contribution in [0.5, 0.6) is 5.75 Å². The van der Waals surface area contributed by atoms with Gasteiger partial charge in [0.05, 0.1) is 25.9 Å². The molecule has 3 atom stereocenters. The Labute approximate surface area is 160 Å². The lowest BCUT2D eigenvalue weighted by molar-refractivity contribution is -0.0509. The molecule has 0 aliphatic rings. The summed E-state index contributed by atoms with van der Waals surface area (Å²) < 4.78 is 17.5. The first-order valence-electron chi connectivity index (χ1n) is 10.00. The van der Waals surface area contributed by atoms with Crippen LogP contribution in [-0.4, -0.2) is 25.9 Å². The number of rotatable bonds is 14. The van der Waals surface area contributed by atoms with Gasteiger partial charge in [-0.2, -0.15) is 0 Å². The molecule has 1 aromatic carbocycles. The van der Waals surface area contributed by atoms with Crippen LogP contribution in [0.2, 0.25) is 0 Å². The number of hydrogen-bond donors (Lipinski definition) is 0. The van der Waals surface area contributed by atoms with E-state index in [0.717, 1.165) is 37.2 Å². The zero-order valence-corrected chi connectivity index (χ0v) is 17.4. The molecule has 0 aliphatic heterocycles. The molecule has 0 aromatic heterocycles. The molecule has 0 saturated carbocycles. The van der Waals surface area contributed by atoms with Crippen molar-refractivity contribution in [2.24, 2.45) is 11.8 Å². The Hall–Kier alpha value is -1.32. The number of ether oxygens (including phenoxy) is 3. The van der Waals surface area contributed by atoms with Gasteiger partial charge in [0.15, 0.2) is 0 Å². The van der Waals surface area contributed by atoms with E-state index in [1.165, 1.54) is 6.42 Å². The highest BCUT2D eigenvalue weighted by Gasteiger charge is 2.26. The predicted octanol–water partition coefficient (Wildman–Crippen LogP) is 6.02. The van der Waals surface area contributed by atoms with E-state index in [4.69, 9.17) is 14.2 Å². The summed E-state index contributed by atoms with van der Waals surface area (Å²) in [6.45, 7) is 14.3. The lowest BCUT2D eigenvalue weighted by atomic mass is 9.88. The molecule has 0 heterocycles. The highest BCUT2D eigenvalue weighted by molar-refractivity contribution is 5.26. The minimum Gasteiger partial charge on any atom is -0.497 e. The van der Waals surface area contributed by atoms with Gasteiger partial charge in [-0.05, 0) is 43.4 Å². The van der Waals surface area contributed by atoms with E-state index in [2.05, 4.69) is 46.4 Å². The lowest BCUT2D eigenvalue weighted by Gasteiger charge is -2.31. The molecule has 148 valence electrons. The Morgan fingerprint density at radius 3 is 2.27 bits per heavy atom. The summed E-state index contributed by atoms with van der Waals surface area (Å²) in [6.07, 6.45) is 6.60. The predicted molar refractivity (Wildman–Crippen MR) is 110 cm³/mol. The Morgan fingerprint density at radius 2 is 1.73 bits per heavy atom.